The molecule has 0 atom stereocenters. The predicted molar refractivity (Wildman–Crippen MR) is 105 cm³/mol. The van der Waals surface area contributed by atoms with Gasteiger partial charge in [0, 0.05) is 6.07 Å². The molecule has 0 aliphatic heterocycles. The topological polar surface area (TPSA) is 36.9 Å². The first-order chi connectivity index (χ1) is 12.5. The van der Waals surface area contributed by atoms with Crippen LogP contribution in [-0.2, 0) is 0 Å². The summed E-state index contributed by atoms with van der Waals surface area (Å²) in [6, 6.07) is 12.8. The van der Waals surface area contributed by atoms with Crippen LogP contribution in [0.15, 0.2) is 53.0 Å². The zero-order valence-corrected chi connectivity index (χ0v) is 16.5. The molecule has 26 heavy (non-hydrogen) atoms. The number of ether oxygens (including phenoxy) is 4. The monoisotopic (exact) mass is 396 g/mol. The molecule has 6 heteroatoms. The van der Waals surface area contributed by atoms with Crippen LogP contribution in [0.4, 0.5) is 0 Å². The molecule has 2 rings (SSSR count). The predicted octanol–water partition coefficient (Wildman–Crippen LogP) is 6.36. The van der Waals surface area contributed by atoms with Gasteiger partial charge in [0.15, 0.2) is 11.5 Å². The van der Waals surface area contributed by atoms with E-state index in [1.165, 1.54) is 0 Å². The minimum atomic E-state index is 0.131. The molecule has 0 aliphatic rings. The van der Waals surface area contributed by atoms with Gasteiger partial charge in [-0.1, -0.05) is 23.2 Å². The molecule has 0 radical (unpaired) electrons. The molecule has 0 amide bonds. The molecule has 0 heterocycles. The summed E-state index contributed by atoms with van der Waals surface area (Å²) in [5, 5.41) is 0. The fourth-order valence-electron chi connectivity index (χ4n) is 2.13. The summed E-state index contributed by atoms with van der Waals surface area (Å²) in [6.45, 7) is 6.63. The Bertz CT molecular complexity index is 723. The van der Waals surface area contributed by atoms with Crippen molar-refractivity contribution in [3.8, 4) is 28.7 Å². The quantitative estimate of drug-likeness (QED) is 0.493. The van der Waals surface area contributed by atoms with E-state index in [-0.39, 0.29) is 17.2 Å². The van der Waals surface area contributed by atoms with E-state index in [0.29, 0.717) is 29.6 Å². The lowest BCUT2D eigenvalue weighted by Crippen LogP contribution is -2.05. The van der Waals surface area contributed by atoms with Gasteiger partial charge in [-0.05, 0) is 63.2 Å². The van der Waals surface area contributed by atoms with Crippen molar-refractivity contribution in [1.82, 2.24) is 0 Å². The van der Waals surface area contributed by atoms with Crippen molar-refractivity contribution >= 4 is 23.2 Å². The van der Waals surface area contributed by atoms with Gasteiger partial charge >= 0.3 is 0 Å². The first-order valence-corrected chi connectivity index (χ1v) is 9.09. The highest BCUT2D eigenvalue weighted by Gasteiger charge is 2.08. The van der Waals surface area contributed by atoms with E-state index in [1.54, 1.807) is 18.2 Å². The maximum absolute atomic E-state index is 5.88. The minimum absolute atomic E-state index is 0.131. The summed E-state index contributed by atoms with van der Waals surface area (Å²) in [7, 11) is 0. The Hall–Kier alpha value is -2.04. The summed E-state index contributed by atoms with van der Waals surface area (Å²) in [4.78, 5) is 0. The van der Waals surface area contributed by atoms with Crippen molar-refractivity contribution in [2.45, 2.75) is 26.9 Å². The van der Waals surface area contributed by atoms with E-state index in [9.17, 15) is 0 Å². The van der Waals surface area contributed by atoms with E-state index in [1.807, 2.05) is 51.1 Å². The molecule has 0 unspecified atom stereocenters. The van der Waals surface area contributed by atoms with Gasteiger partial charge < -0.3 is 18.9 Å². The highest BCUT2D eigenvalue weighted by molar-refractivity contribution is 6.55. The standard InChI is InChI=1S/C20H22Cl2O4/c1-4-23-19-13-17(9-10-18(19)24-12-11-20(21)22)26-16-7-5-15(6-8-16)25-14(2)3/h5-11,13-14H,4,12H2,1-3H3. The lowest BCUT2D eigenvalue weighted by Gasteiger charge is -2.14. The van der Waals surface area contributed by atoms with Crippen molar-refractivity contribution in [2.75, 3.05) is 13.2 Å². The van der Waals surface area contributed by atoms with Gasteiger partial charge in [-0.2, -0.15) is 0 Å². The van der Waals surface area contributed by atoms with Crippen molar-refractivity contribution in [1.29, 1.82) is 0 Å². The molecule has 2 aromatic rings. The SMILES string of the molecule is CCOc1cc(Oc2ccc(OC(C)C)cc2)ccc1OCC=C(Cl)Cl. The Labute approximate surface area is 164 Å². The summed E-state index contributed by atoms with van der Waals surface area (Å²) in [6.07, 6.45) is 1.69. The number of rotatable bonds is 9. The Morgan fingerprint density at radius 2 is 1.58 bits per heavy atom. The van der Waals surface area contributed by atoms with E-state index >= 15 is 0 Å². The van der Waals surface area contributed by atoms with Gasteiger partial charge in [0.25, 0.3) is 0 Å². The van der Waals surface area contributed by atoms with E-state index in [4.69, 9.17) is 42.1 Å². The van der Waals surface area contributed by atoms with Gasteiger partial charge in [-0.3, -0.25) is 0 Å². The Kier molecular flexibility index (Phi) is 7.95. The van der Waals surface area contributed by atoms with Crippen molar-refractivity contribution in [3.63, 3.8) is 0 Å². The average molecular weight is 397 g/mol. The molecular weight excluding hydrogens is 375 g/mol. The molecular formula is C20H22Cl2O4. The van der Waals surface area contributed by atoms with Crippen LogP contribution >= 0.6 is 23.2 Å². The molecule has 0 fully saturated rings. The molecule has 4 nitrogen and oxygen atoms in total. The van der Waals surface area contributed by atoms with Crippen LogP contribution in [-0.4, -0.2) is 19.3 Å². The second kappa shape index (κ2) is 10.2. The van der Waals surface area contributed by atoms with Crippen LogP contribution < -0.4 is 18.9 Å². The maximum atomic E-state index is 5.88. The molecule has 2 aromatic carbocycles. The van der Waals surface area contributed by atoms with E-state index in [0.717, 1.165) is 5.75 Å². The van der Waals surface area contributed by atoms with Crippen LogP contribution in [0.25, 0.3) is 0 Å². The van der Waals surface area contributed by atoms with Crippen LogP contribution in [0.1, 0.15) is 20.8 Å². The van der Waals surface area contributed by atoms with Crippen molar-refractivity contribution in [2.24, 2.45) is 0 Å². The number of hydrogen-bond donors (Lipinski definition) is 0. The zero-order chi connectivity index (χ0) is 18.9. The zero-order valence-electron chi connectivity index (χ0n) is 15.0. The van der Waals surface area contributed by atoms with E-state index in [2.05, 4.69) is 0 Å². The molecule has 0 saturated heterocycles. The first-order valence-electron chi connectivity index (χ1n) is 8.33. The minimum Gasteiger partial charge on any atom is -0.491 e. The second-order valence-corrected chi connectivity index (χ2v) is 6.59. The largest absolute Gasteiger partial charge is 0.491 e. The lowest BCUT2D eigenvalue weighted by molar-refractivity contribution is 0.242. The summed E-state index contributed by atoms with van der Waals surface area (Å²) < 4.78 is 22.9. The van der Waals surface area contributed by atoms with Crippen molar-refractivity contribution < 1.29 is 18.9 Å². The first kappa shape index (κ1) is 20.3. The van der Waals surface area contributed by atoms with Gasteiger partial charge in [0.1, 0.15) is 28.3 Å². The van der Waals surface area contributed by atoms with Crippen LogP contribution in [0.2, 0.25) is 0 Å². The Morgan fingerprint density at radius 1 is 0.923 bits per heavy atom. The summed E-state index contributed by atoms with van der Waals surface area (Å²) in [5.74, 6) is 3.32. The fourth-order valence-corrected chi connectivity index (χ4v) is 2.25. The second-order valence-electron chi connectivity index (χ2n) is 5.59. The third-order valence-corrected chi connectivity index (χ3v) is 3.43. The number of benzene rings is 2. The van der Waals surface area contributed by atoms with Gasteiger partial charge in [-0.25, -0.2) is 0 Å². The molecule has 0 N–H and O–H groups in total. The Balaban J connectivity index is 2.09. The maximum Gasteiger partial charge on any atom is 0.164 e. The molecule has 0 bridgehead atoms. The third kappa shape index (κ3) is 6.70. The van der Waals surface area contributed by atoms with Gasteiger partial charge in [-0.15, -0.1) is 0 Å². The molecule has 0 aromatic heterocycles. The van der Waals surface area contributed by atoms with Crippen LogP contribution in [0, 0.1) is 0 Å². The molecule has 0 aliphatic carbocycles. The molecule has 140 valence electrons. The average Bonchev–Trinajstić information content (AvgIpc) is 2.58. The number of halogens is 2. The number of hydrogen-bond acceptors (Lipinski definition) is 4. The normalized spacial score (nSPS) is 10.4. The third-order valence-electron chi connectivity index (χ3n) is 3.12. The van der Waals surface area contributed by atoms with E-state index < -0.39 is 0 Å². The van der Waals surface area contributed by atoms with Crippen LogP contribution in [0.5, 0.6) is 28.7 Å². The summed E-state index contributed by atoms with van der Waals surface area (Å²) >= 11 is 11.2. The van der Waals surface area contributed by atoms with Crippen molar-refractivity contribution in [3.05, 3.63) is 53.0 Å². The van der Waals surface area contributed by atoms with Gasteiger partial charge in [0.2, 0.25) is 0 Å². The fraction of sp³-hybridized carbons (Fsp3) is 0.300. The van der Waals surface area contributed by atoms with Crippen LogP contribution in [0.3, 0.4) is 0 Å². The highest BCUT2D eigenvalue weighted by atomic mass is 35.5. The Morgan fingerprint density at radius 3 is 2.19 bits per heavy atom. The highest BCUT2D eigenvalue weighted by Crippen LogP contribution is 2.34. The lowest BCUT2D eigenvalue weighted by atomic mass is 10.3. The molecule has 0 spiro atoms. The smallest absolute Gasteiger partial charge is 0.164 e. The molecule has 0 saturated carbocycles. The summed E-state index contributed by atoms with van der Waals surface area (Å²) in [5.41, 5.74) is 0. The van der Waals surface area contributed by atoms with Gasteiger partial charge in [0.05, 0.1) is 12.7 Å².